The predicted octanol–water partition coefficient (Wildman–Crippen LogP) is 1.73. The van der Waals surface area contributed by atoms with Gasteiger partial charge in [-0.15, -0.1) is 0 Å². The molecule has 8 nitrogen and oxygen atoms in total. The molecule has 0 aliphatic carbocycles. The van der Waals surface area contributed by atoms with Crippen LogP contribution < -0.4 is 16.1 Å². The second-order valence-corrected chi connectivity index (χ2v) is 7.21. The summed E-state index contributed by atoms with van der Waals surface area (Å²) in [4.78, 5) is 32.5. The van der Waals surface area contributed by atoms with Crippen LogP contribution >= 0.6 is 15.9 Å². The molecule has 1 aliphatic rings. The molecule has 1 saturated heterocycles. The number of halogens is 1. The van der Waals surface area contributed by atoms with E-state index >= 15 is 0 Å². The van der Waals surface area contributed by atoms with E-state index in [1.54, 1.807) is 0 Å². The number of hydrogen-bond acceptors (Lipinski definition) is 6. The highest BCUT2D eigenvalue weighted by Gasteiger charge is 2.17. The van der Waals surface area contributed by atoms with Gasteiger partial charge in [-0.05, 0) is 47.4 Å². The van der Waals surface area contributed by atoms with Crippen LogP contribution in [0.3, 0.4) is 0 Å². The van der Waals surface area contributed by atoms with Gasteiger partial charge in [0, 0.05) is 39.8 Å². The molecule has 2 aromatic rings. The fraction of sp³-hybridized carbons (Fsp3) is 0.579. The van der Waals surface area contributed by atoms with Crippen molar-refractivity contribution in [3.63, 3.8) is 0 Å². The summed E-state index contributed by atoms with van der Waals surface area (Å²) >= 11 is 3.42. The summed E-state index contributed by atoms with van der Waals surface area (Å²) in [5.74, 6) is 1.01. The van der Waals surface area contributed by atoms with Crippen molar-refractivity contribution < 1.29 is 0 Å². The first-order valence-electron chi connectivity index (χ1n) is 9.77. The van der Waals surface area contributed by atoms with E-state index in [1.807, 2.05) is 32.0 Å². The number of hydrogen-bond donors (Lipinski definition) is 0. The maximum Gasteiger partial charge on any atom is 0.347 e. The van der Waals surface area contributed by atoms with E-state index in [2.05, 4.69) is 35.8 Å². The van der Waals surface area contributed by atoms with Crippen LogP contribution in [0.2, 0.25) is 0 Å². The summed E-state index contributed by atoms with van der Waals surface area (Å²) in [6.45, 7) is 9.48. The van der Waals surface area contributed by atoms with Crippen LogP contribution in [0.4, 0.5) is 5.82 Å². The topological polar surface area (TPSA) is 76.3 Å². The third-order valence-corrected chi connectivity index (χ3v) is 5.08. The van der Waals surface area contributed by atoms with Crippen LogP contribution in [0.1, 0.15) is 26.7 Å². The second kappa shape index (κ2) is 11.1. The van der Waals surface area contributed by atoms with Crippen molar-refractivity contribution in [3.05, 3.63) is 49.8 Å². The minimum absolute atomic E-state index is 0.354. The van der Waals surface area contributed by atoms with Crippen LogP contribution in [0.15, 0.2) is 38.6 Å². The molecule has 0 aromatic carbocycles. The van der Waals surface area contributed by atoms with Crippen molar-refractivity contribution in [2.75, 3.05) is 37.6 Å². The molecule has 0 N–H and O–H groups in total. The molecule has 1 aliphatic heterocycles. The number of aromatic nitrogens is 4. The molecule has 0 atom stereocenters. The van der Waals surface area contributed by atoms with Gasteiger partial charge in [-0.3, -0.25) is 14.3 Å². The molecule has 0 bridgehead atoms. The van der Waals surface area contributed by atoms with Crippen LogP contribution in [-0.2, 0) is 13.6 Å². The summed E-state index contributed by atoms with van der Waals surface area (Å²) in [5, 5.41) is 3.91. The molecular weight excluding hydrogens is 424 g/mol. The lowest BCUT2D eigenvalue weighted by Crippen LogP contribution is -2.47. The molecule has 0 saturated carbocycles. The lowest BCUT2D eigenvalue weighted by Gasteiger charge is -2.35. The molecule has 1 fully saturated rings. The van der Waals surface area contributed by atoms with Crippen molar-refractivity contribution in [2.24, 2.45) is 7.05 Å². The number of piperazine rings is 1. The Hall–Kier alpha value is -2.00. The van der Waals surface area contributed by atoms with Crippen molar-refractivity contribution in [1.29, 1.82) is 0 Å². The van der Waals surface area contributed by atoms with Gasteiger partial charge in [-0.25, -0.2) is 14.5 Å². The molecular formula is C19H29BrN6O2. The molecule has 154 valence electrons. The maximum atomic E-state index is 11.9. The van der Waals surface area contributed by atoms with Crippen LogP contribution in [0.5, 0.6) is 0 Å². The number of anilines is 1. The number of aryl methyl sites for hydroxylation is 1. The summed E-state index contributed by atoms with van der Waals surface area (Å²) in [6, 6.07) is 5.98. The summed E-state index contributed by atoms with van der Waals surface area (Å²) in [5.41, 5.74) is -0.725. The summed E-state index contributed by atoms with van der Waals surface area (Å²) in [7, 11) is 1.47. The first kappa shape index (κ1) is 22.3. The Balaban J connectivity index is 0.00000136. The minimum Gasteiger partial charge on any atom is -0.354 e. The van der Waals surface area contributed by atoms with E-state index < -0.39 is 0 Å². The summed E-state index contributed by atoms with van der Waals surface area (Å²) < 4.78 is 3.31. The number of unbranched alkanes of at least 4 members (excludes halogenated alkanes) is 1. The zero-order valence-corrected chi connectivity index (χ0v) is 18.4. The standard InChI is InChI=1S/C17H23BrN6O2.C2H6/c1-21-16(25)13-19-24(17(21)26)8-3-2-7-22-9-11-23(12-10-22)15-6-4-5-14(18)20-15;1-2/h4-6,13H,2-3,7-12H2,1H3;1-2H3. The monoisotopic (exact) mass is 452 g/mol. The van der Waals surface area contributed by atoms with Gasteiger partial charge in [0.25, 0.3) is 5.56 Å². The Morgan fingerprint density at radius 3 is 2.39 bits per heavy atom. The average Bonchev–Trinajstić information content (AvgIpc) is 2.73. The summed E-state index contributed by atoms with van der Waals surface area (Å²) in [6.07, 6.45) is 3.04. The smallest absolute Gasteiger partial charge is 0.347 e. The Bertz CT molecular complexity index is 858. The molecule has 3 rings (SSSR count). The molecule has 0 amide bonds. The molecule has 2 aromatic heterocycles. The highest BCUT2D eigenvalue weighted by Crippen LogP contribution is 2.16. The highest BCUT2D eigenvalue weighted by molar-refractivity contribution is 9.10. The fourth-order valence-electron chi connectivity index (χ4n) is 3.05. The number of nitrogens with zero attached hydrogens (tertiary/aromatic N) is 6. The van der Waals surface area contributed by atoms with Crippen LogP contribution in [-0.4, -0.2) is 57.0 Å². The zero-order chi connectivity index (χ0) is 20.5. The molecule has 0 unspecified atom stereocenters. The lowest BCUT2D eigenvalue weighted by molar-refractivity contribution is 0.249. The van der Waals surface area contributed by atoms with E-state index in [-0.39, 0.29) is 11.2 Å². The third-order valence-electron chi connectivity index (χ3n) is 4.64. The van der Waals surface area contributed by atoms with Gasteiger partial charge in [0.2, 0.25) is 0 Å². The van der Waals surface area contributed by atoms with Crippen LogP contribution in [0, 0.1) is 0 Å². The van der Waals surface area contributed by atoms with E-state index in [4.69, 9.17) is 0 Å². The fourth-order valence-corrected chi connectivity index (χ4v) is 3.38. The Morgan fingerprint density at radius 2 is 1.71 bits per heavy atom. The van der Waals surface area contributed by atoms with Crippen molar-refractivity contribution >= 4 is 21.7 Å². The van der Waals surface area contributed by atoms with Crippen molar-refractivity contribution in [3.8, 4) is 0 Å². The molecule has 0 spiro atoms. The molecule has 3 heterocycles. The largest absolute Gasteiger partial charge is 0.354 e. The van der Waals surface area contributed by atoms with E-state index in [1.165, 1.54) is 17.9 Å². The van der Waals surface area contributed by atoms with Crippen LogP contribution in [0.25, 0.3) is 0 Å². The van der Waals surface area contributed by atoms with E-state index in [0.717, 1.165) is 60.6 Å². The zero-order valence-electron chi connectivity index (χ0n) is 16.8. The molecule has 28 heavy (non-hydrogen) atoms. The Kier molecular flexibility index (Phi) is 8.85. The Morgan fingerprint density at radius 1 is 1.04 bits per heavy atom. The van der Waals surface area contributed by atoms with E-state index in [0.29, 0.717) is 6.54 Å². The van der Waals surface area contributed by atoms with Gasteiger partial charge < -0.3 is 4.90 Å². The van der Waals surface area contributed by atoms with Crippen molar-refractivity contribution in [2.45, 2.75) is 33.2 Å². The predicted molar refractivity (Wildman–Crippen MR) is 115 cm³/mol. The van der Waals surface area contributed by atoms with Gasteiger partial charge in [0.05, 0.1) is 0 Å². The average molecular weight is 453 g/mol. The third kappa shape index (κ3) is 6.00. The molecule has 9 heteroatoms. The number of rotatable bonds is 6. The molecule has 0 radical (unpaired) electrons. The normalized spacial score (nSPS) is 14.5. The maximum absolute atomic E-state index is 11.9. The highest BCUT2D eigenvalue weighted by atomic mass is 79.9. The van der Waals surface area contributed by atoms with Gasteiger partial charge >= 0.3 is 5.69 Å². The quantitative estimate of drug-likeness (QED) is 0.490. The minimum atomic E-state index is -0.371. The van der Waals surface area contributed by atoms with Crippen molar-refractivity contribution in [1.82, 2.24) is 24.2 Å². The first-order chi connectivity index (χ1) is 13.5. The van der Waals surface area contributed by atoms with Gasteiger partial charge in [-0.1, -0.05) is 19.9 Å². The van der Waals surface area contributed by atoms with Gasteiger partial charge in [0.15, 0.2) is 0 Å². The second-order valence-electron chi connectivity index (χ2n) is 6.40. The first-order valence-corrected chi connectivity index (χ1v) is 10.6. The number of pyridine rings is 1. The Labute approximate surface area is 173 Å². The lowest BCUT2D eigenvalue weighted by atomic mass is 10.2. The van der Waals surface area contributed by atoms with E-state index in [9.17, 15) is 9.59 Å². The van der Waals surface area contributed by atoms with Gasteiger partial charge in [-0.2, -0.15) is 5.10 Å². The SMILES string of the molecule is CC.Cn1c(=O)cnn(CCCCN2CCN(c3cccc(Br)n3)CC2)c1=O. The van der Waals surface area contributed by atoms with Gasteiger partial charge in [0.1, 0.15) is 16.6 Å².